The summed E-state index contributed by atoms with van der Waals surface area (Å²) in [7, 11) is 1.90. The molecule has 0 bridgehead atoms. The molecule has 0 aliphatic heterocycles. The van der Waals surface area contributed by atoms with Crippen LogP contribution >= 0.6 is 11.6 Å². The number of nitrogens with zero attached hydrogens (tertiary/aromatic N) is 2. The molecule has 78 valence electrons. The van der Waals surface area contributed by atoms with E-state index < -0.39 is 0 Å². The standard InChI is InChI=1S/C11H12ClN3/c1-7-10(15(2)11(13)14-7)8-3-5-9(12)6-4-8/h3-6H,1-2H3,(H2,13,14). The van der Waals surface area contributed by atoms with Crippen molar-refractivity contribution in [2.75, 3.05) is 5.73 Å². The highest BCUT2D eigenvalue weighted by Crippen LogP contribution is 2.25. The molecule has 0 amide bonds. The Kier molecular flexibility index (Phi) is 2.40. The van der Waals surface area contributed by atoms with Gasteiger partial charge in [0.2, 0.25) is 5.95 Å². The van der Waals surface area contributed by atoms with Crippen LogP contribution in [0.25, 0.3) is 11.3 Å². The molecule has 0 spiro atoms. The Morgan fingerprint density at radius 1 is 1.27 bits per heavy atom. The summed E-state index contributed by atoms with van der Waals surface area (Å²) in [6.07, 6.45) is 0. The van der Waals surface area contributed by atoms with E-state index in [0.29, 0.717) is 5.95 Å². The van der Waals surface area contributed by atoms with Gasteiger partial charge in [0.25, 0.3) is 0 Å². The van der Waals surface area contributed by atoms with E-state index in [9.17, 15) is 0 Å². The minimum atomic E-state index is 0.525. The van der Waals surface area contributed by atoms with E-state index in [1.165, 1.54) is 0 Å². The number of hydrogen-bond acceptors (Lipinski definition) is 2. The maximum atomic E-state index is 5.84. The highest BCUT2D eigenvalue weighted by molar-refractivity contribution is 6.30. The van der Waals surface area contributed by atoms with Crippen LogP contribution in [0.5, 0.6) is 0 Å². The third-order valence-electron chi connectivity index (χ3n) is 2.42. The second-order valence-corrected chi connectivity index (χ2v) is 3.91. The summed E-state index contributed by atoms with van der Waals surface area (Å²) in [6.45, 7) is 1.94. The van der Waals surface area contributed by atoms with Crippen molar-refractivity contribution < 1.29 is 0 Å². The molecule has 15 heavy (non-hydrogen) atoms. The molecule has 3 nitrogen and oxygen atoms in total. The molecule has 0 radical (unpaired) electrons. The number of hydrogen-bond donors (Lipinski definition) is 1. The molecule has 0 aliphatic carbocycles. The number of halogens is 1. The zero-order valence-corrected chi connectivity index (χ0v) is 9.42. The van der Waals surface area contributed by atoms with Crippen LogP contribution in [0, 0.1) is 6.92 Å². The van der Waals surface area contributed by atoms with Gasteiger partial charge in [0.1, 0.15) is 0 Å². The first-order valence-electron chi connectivity index (χ1n) is 4.64. The van der Waals surface area contributed by atoms with Gasteiger partial charge in [-0.05, 0) is 19.1 Å². The monoisotopic (exact) mass is 221 g/mol. The first kappa shape index (κ1) is 10.1. The summed E-state index contributed by atoms with van der Waals surface area (Å²) in [5.74, 6) is 0.525. The van der Waals surface area contributed by atoms with Gasteiger partial charge in [0.05, 0.1) is 11.4 Å². The van der Waals surface area contributed by atoms with Crippen molar-refractivity contribution in [2.24, 2.45) is 7.05 Å². The van der Waals surface area contributed by atoms with Gasteiger partial charge in [-0.2, -0.15) is 0 Å². The lowest BCUT2D eigenvalue weighted by atomic mass is 10.1. The number of rotatable bonds is 1. The molecule has 2 N–H and O–H groups in total. The third-order valence-corrected chi connectivity index (χ3v) is 2.67. The van der Waals surface area contributed by atoms with Crippen molar-refractivity contribution >= 4 is 17.5 Å². The molecule has 1 aromatic heterocycles. The van der Waals surface area contributed by atoms with E-state index in [4.69, 9.17) is 17.3 Å². The Hall–Kier alpha value is -1.48. The Bertz CT molecular complexity index is 485. The second-order valence-electron chi connectivity index (χ2n) is 3.47. The Morgan fingerprint density at radius 3 is 2.33 bits per heavy atom. The van der Waals surface area contributed by atoms with Crippen molar-refractivity contribution in [3.8, 4) is 11.3 Å². The predicted octanol–water partition coefficient (Wildman–Crippen LogP) is 2.63. The summed E-state index contributed by atoms with van der Waals surface area (Å²) >= 11 is 5.84. The molecular formula is C11H12ClN3. The minimum absolute atomic E-state index is 0.525. The first-order valence-corrected chi connectivity index (χ1v) is 5.02. The number of benzene rings is 1. The van der Waals surface area contributed by atoms with E-state index in [1.54, 1.807) is 0 Å². The lowest BCUT2D eigenvalue weighted by molar-refractivity contribution is 0.938. The summed E-state index contributed by atoms with van der Waals surface area (Å²) in [6, 6.07) is 7.65. The molecule has 0 saturated heterocycles. The third kappa shape index (κ3) is 1.70. The largest absolute Gasteiger partial charge is 0.369 e. The SMILES string of the molecule is Cc1nc(N)n(C)c1-c1ccc(Cl)cc1. The Balaban J connectivity index is 2.58. The lowest BCUT2D eigenvalue weighted by Crippen LogP contribution is -1.98. The molecule has 0 saturated carbocycles. The van der Waals surface area contributed by atoms with Crippen molar-refractivity contribution in [2.45, 2.75) is 6.92 Å². The highest BCUT2D eigenvalue weighted by atomic mass is 35.5. The molecule has 0 aliphatic rings. The van der Waals surface area contributed by atoms with E-state index in [2.05, 4.69) is 4.98 Å². The van der Waals surface area contributed by atoms with Gasteiger partial charge in [-0.15, -0.1) is 0 Å². The molecule has 0 unspecified atom stereocenters. The zero-order valence-electron chi connectivity index (χ0n) is 8.66. The smallest absolute Gasteiger partial charge is 0.200 e. The van der Waals surface area contributed by atoms with E-state index >= 15 is 0 Å². The van der Waals surface area contributed by atoms with E-state index in [-0.39, 0.29) is 0 Å². The molecule has 4 heteroatoms. The van der Waals surface area contributed by atoms with Gasteiger partial charge in [0, 0.05) is 17.6 Å². The average Bonchev–Trinajstić information content (AvgIpc) is 2.44. The van der Waals surface area contributed by atoms with Gasteiger partial charge in [0.15, 0.2) is 0 Å². The topological polar surface area (TPSA) is 43.8 Å². The molecule has 1 aromatic carbocycles. The van der Waals surface area contributed by atoms with Crippen LogP contribution in [0.1, 0.15) is 5.69 Å². The van der Waals surface area contributed by atoms with Crippen molar-refractivity contribution in [3.63, 3.8) is 0 Å². The number of nitrogens with two attached hydrogens (primary N) is 1. The molecule has 2 aromatic rings. The number of anilines is 1. The van der Waals surface area contributed by atoms with E-state index in [0.717, 1.165) is 22.0 Å². The van der Waals surface area contributed by atoms with Crippen LogP contribution in [-0.2, 0) is 7.05 Å². The summed E-state index contributed by atoms with van der Waals surface area (Å²) in [5, 5.41) is 0.728. The summed E-state index contributed by atoms with van der Waals surface area (Å²) in [5.41, 5.74) is 8.77. The highest BCUT2D eigenvalue weighted by Gasteiger charge is 2.10. The normalized spacial score (nSPS) is 10.6. The minimum Gasteiger partial charge on any atom is -0.369 e. The quantitative estimate of drug-likeness (QED) is 0.805. The fraction of sp³-hybridized carbons (Fsp3) is 0.182. The molecule has 0 atom stereocenters. The first-order chi connectivity index (χ1) is 7.09. The van der Waals surface area contributed by atoms with Gasteiger partial charge in [-0.1, -0.05) is 23.7 Å². The number of aryl methyl sites for hydroxylation is 1. The van der Waals surface area contributed by atoms with Crippen LogP contribution in [-0.4, -0.2) is 9.55 Å². The maximum Gasteiger partial charge on any atom is 0.200 e. The fourth-order valence-corrected chi connectivity index (χ4v) is 1.79. The summed E-state index contributed by atoms with van der Waals surface area (Å²) in [4.78, 5) is 4.22. The second kappa shape index (κ2) is 3.59. The Morgan fingerprint density at radius 2 is 1.87 bits per heavy atom. The predicted molar refractivity (Wildman–Crippen MR) is 62.8 cm³/mol. The van der Waals surface area contributed by atoms with Gasteiger partial charge >= 0.3 is 0 Å². The van der Waals surface area contributed by atoms with Crippen LogP contribution in [0.15, 0.2) is 24.3 Å². The van der Waals surface area contributed by atoms with E-state index in [1.807, 2.05) is 42.8 Å². The fourth-order valence-electron chi connectivity index (χ4n) is 1.67. The van der Waals surface area contributed by atoms with Crippen molar-refractivity contribution in [1.82, 2.24) is 9.55 Å². The van der Waals surface area contributed by atoms with Crippen molar-refractivity contribution in [3.05, 3.63) is 35.0 Å². The number of aromatic nitrogens is 2. The molecule has 1 heterocycles. The average molecular weight is 222 g/mol. The van der Waals surface area contributed by atoms with Crippen LogP contribution < -0.4 is 5.73 Å². The van der Waals surface area contributed by atoms with Gasteiger partial charge in [-0.3, -0.25) is 0 Å². The zero-order chi connectivity index (χ0) is 11.0. The molecule has 0 fully saturated rings. The van der Waals surface area contributed by atoms with Gasteiger partial charge in [-0.25, -0.2) is 4.98 Å². The molecular weight excluding hydrogens is 210 g/mol. The molecule has 2 rings (SSSR count). The number of imidazole rings is 1. The lowest BCUT2D eigenvalue weighted by Gasteiger charge is -2.04. The van der Waals surface area contributed by atoms with Crippen LogP contribution in [0.3, 0.4) is 0 Å². The number of nitrogen functional groups attached to an aromatic ring is 1. The summed E-state index contributed by atoms with van der Waals surface area (Å²) < 4.78 is 1.87. The maximum absolute atomic E-state index is 5.84. The van der Waals surface area contributed by atoms with Crippen LogP contribution in [0.2, 0.25) is 5.02 Å². The van der Waals surface area contributed by atoms with Crippen molar-refractivity contribution in [1.29, 1.82) is 0 Å². The van der Waals surface area contributed by atoms with Gasteiger partial charge < -0.3 is 10.3 Å². The van der Waals surface area contributed by atoms with Crippen LogP contribution in [0.4, 0.5) is 5.95 Å². The Labute approximate surface area is 93.5 Å².